The van der Waals surface area contributed by atoms with Crippen molar-refractivity contribution in [2.75, 3.05) is 10.6 Å². The average Bonchev–Trinajstić information content (AvgIpc) is 2.56. The summed E-state index contributed by atoms with van der Waals surface area (Å²) in [5.74, 6) is 0. The van der Waals surface area contributed by atoms with Crippen molar-refractivity contribution in [2.24, 2.45) is 5.73 Å². The van der Waals surface area contributed by atoms with E-state index in [-0.39, 0.29) is 6.03 Å². The van der Waals surface area contributed by atoms with E-state index >= 15 is 0 Å². The lowest BCUT2D eigenvalue weighted by Gasteiger charge is -2.13. The molecule has 0 aliphatic heterocycles. The topological polar surface area (TPSA) is 67.1 Å². The van der Waals surface area contributed by atoms with Gasteiger partial charge in [0.1, 0.15) is 0 Å². The van der Waals surface area contributed by atoms with Gasteiger partial charge in [0.15, 0.2) is 0 Å². The fourth-order valence-corrected chi connectivity index (χ4v) is 2.66. The van der Waals surface area contributed by atoms with Crippen molar-refractivity contribution in [3.8, 4) is 0 Å². The van der Waals surface area contributed by atoms with Crippen LogP contribution in [0.3, 0.4) is 0 Å². The number of benzene rings is 3. The summed E-state index contributed by atoms with van der Waals surface area (Å²) >= 11 is 6.14. The van der Waals surface area contributed by atoms with Crippen molar-refractivity contribution in [3.05, 3.63) is 71.2 Å². The average molecular weight is 326 g/mol. The van der Waals surface area contributed by atoms with Gasteiger partial charge in [0.25, 0.3) is 0 Å². The first-order chi connectivity index (χ1) is 11.2. The van der Waals surface area contributed by atoms with E-state index < -0.39 is 0 Å². The van der Waals surface area contributed by atoms with Crippen LogP contribution in [0.4, 0.5) is 16.2 Å². The maximum atomic E-state index is 12.2. The van der Waals surface area contributed by atoms with Crippen LogP contribution in [-0.2, 0) is 6.54 Å². The molecule has 3 aromatic rings. The van der Waals surface area contributed by atoms with Gasteiger partial charge < -0.3 is 16.4 Å². The number of amides is 2. The van der Waals surface area contributed by atoms with Gasteiger partial charge >= 0.3 is 6.03 Å². The largest absolute Gasteiger partial charge is 0.326 e. The van der Waals surface area contributed by atoms with E-state index in [1.807, 2.05) is 48.5 Å². The molecule has 0 radical (unpaired) electrons. The van der Waals surface area contributed by atoms with Gasteiger partial charge in [-0.05, 0) is 34.5 Å². The Labute approximate surface area is 139 Å². The molecule has 23 heavy (non-hydrogen) atoms. The molecule has 3 aromatic carbocycles. The minimum atomic E-state index is -0.358. The Kier molecular flexibility index (Phi) is 4.46. The highest BCUT2D eigenvalue weighted by atomic mass is 35.5. The Balaban J connectivity index is 1.79. The molecule has 5 heteroatoms. The second-order valence-corrected chi connectivity index (χ2v) is 5.53. The summed E-state index contributed by atoms with van der Waals surface area (Å²) < 4.78 is 0. The van der Waals surface area contributed by atoms with E-state index in [9.17, 15) is 4.79 Å². The molecule has 0 atom stereocenters. The van der Waals surface area contributed by atoms with Crippen LogP contribution in [-0.4, -0.2) is 6.03 Å². The minimum absolute atomic E-state index is 0.298. The second kappa shape index (κ2) is 6.69. The molecule has 3 rings (SSSR count). The lowest BCUT2D eigenvalue weighted by Crippen LogP contribution is -2.21. The van der Waals surface area contributed by atoms with Crippen molar-refractivity contribution in [2.45, 2.75) is 6.54 Å². The Morgan fingerprint density at radius 3 is 2.52 bits per heavy atom. The van der Waals surface area contributed by atoms with Crippen LogP contribution in [0.25, 0.3) is 10.8 Å². The van der Waals surface area contributed by atoms with Crippen molar-refractivity contribution >= 4 is 39.8 Å². The number of halogens is 1. The van der Waals surface area contributed by atoms with E-state index in [2.05, 4.69) is 10.6 Å². The highest BCUT2D eigenvalue weighted by molar-refractivity contribution is 6.34. The number of nitrogens with two attached hydrogens (primary N) is 1. The number of nitrogens with one attached hydrogen (secondary N) is 2. The van der Waals surface area contributed by atoms with Crippen LogP contribution < -0.4 is 16.4 Å². The molecule has 0 saturated heterocycles. The van der Waals surface area contributed by atoms with Gasteiger partial charge in [-0.3, -0.25) is 0 Å². The number of anilines is 2. The molecular weight excluding hydrogens is 310 g/mol. The number of carbonyl (C=O) groups is 1. The van der Waals surface area contributed by atoms with E-state index in [1.54, 1.807) is 12.1 Å². The molecule has 0 bridgehead atoms. The molecule has 0 spiro atoms. The number of urea groups is 1. The zero-order valence-corrected chi connectivity index (χ0v) is 13.1. The molecule has 0 unspecified atom stereocenters. The zero-order valence-electron chi connectivity index (χ0n) is 12.3. The van der Waals surface area contributed by atoms with E-state index in [0.717, 1.165) is 16.3 Å². The maximum absolute atomic E-state index is 12.2. The van der Waals surface area contributed by atoms with Crippen molar-refractivity contribution in [1.29, 1.82) is 0 Å². The third-order valence-corrected chi connectivity index (χ3v) is 3.88. The fraction of sp³-hybridized carbons (Fsp3) is 0.0556. The molecule has 0 aliphatic rings. The van der Waals surface area contributed by atoms with Gasteiger partial charge in [0.2, 0.25) is 0 Å². The minimum Gasteiger partial charge on any atom is -0.326 e. The van der Waals surface area contributed by atoms with Crippen LogP contribution in [0.15, 0.2) is 60.7 Å². The summed E-state index contributed by atoms with van der Waals surface area (Å²) in [5, 5.41) is 8.22. The molecule has 4 nitrogen and oxygen atoms in total. The quantitative estimate of drug-likeness (QED) is 0.659. The molecule has 0 aliphatic carbocycles. The molecule has 2 amide bonds. The molecule has 0 aromatic heterocycles. The monoisotopic (exact) mass is 325 g/mol. The Bertz CT molecular complexity index is 864. The first-order valence-electron chi connectivity index (χ1n) is 7.21. The van der Waals surface area contributed by atoms with Gasteiger partial charge in [0, 0.05) is 12.2 Å². The lowest BCUT2D eigenvalue weighted by molar-refractivity contribution is 0.262. The molecule has 0 heterocycles. The van der Waals surface area contributed by atoms with Crippen LogP contribution in [0, 0.1) is 0 Å². The summed E-state index contributed by atoms with van der Waals surface area (Å²) in [6.07, 6.45) is 0. The van der Waals surface area contributed by atoms with Crippen molar-refractivity contribution in [3.63, 3.8) is 0 Å². The standard InChI is InChI=1S/C18H16ClN3O/c19-16-7-3-6-14(11-20)17(16)22-18(23)21-15-9-8-12-4-1-2-5-13(12)10-15/h1-10H,11,20H2,(H2,21,22,23). The van der Waals surface area contributed by atoms with Gasteiger partial charge in [-0.15, -0.1) is 0 Å². The number of fused-ring (bicyclic) bond motifs is 1. The van der Waals surface area contributed by atoms with Crippen molar-refractivity contribution < 1.29 is 4.79 Å². The Hall–Kier alpha value is -2.56. The molecule has 4 N–H and O–H groups in total. The predicted octanol–water partition coefficient (Wildman–Crippen LogP) is 4.60. The number of hydrogen-bond donors (Lipinski definition) is 3. The van der Waals surface area contributed by atoms with Crippen LogP contribution >= 0.6 is 11.6 Å². The highest BCUT2D eigenvalue weighted by Crippen LogP contribution is 2.26. The number of para-hydroxylation sites is 1. The van der Waals surface area contributed by atoms with E-state index in [1.165, 1.54) is 0 Å². The summed E-state index contributed by atoms with van der Waals surface area (Å²) in [5.41, 5.74) is 7.71. The number of carbonyl (C=O) groups excluding carboxylic acids is 1. The summed E-state index contributed by atoms with van der Waals surface area (Å²) in [7, 11) is 0. The third kappa shape index (κ3) is 3.44. The summed E-state index contributed by atoms with van der Waals surface area (Å²) in [4.78, 5) is 12.2. The van der Waals surface area contributed by atoms with Crippen LogP contribution in [0.5, 0.6) is 0 Å². The van der Waals surface area contributed by atoms with Crippen LogP contribution in [0.1, 0.15) is 5.56 Å². The number of rotatable bonds is 3. The summed E-state index contributed by atoms with van der Waals surface area (Å²) in [6.45, 7) is 0.298. The predicted molar refractivity (Wildman–Crippen MR) is 95.9 cm³/mol. The zero-order chi connectivity index (χ0) is 16.2. The fourth-order valence-electron chi connectivity index (χ4n) is 2.42. The highest BCUT2D eigenvalue weighted by Gasteiger charge is 2.10. The SMILES string of the molecule is NCc1cccc(Cl)c1NC(=O)Nc1ccc2ccccc2c1. The molecule has 0 fully saturated rings. The van der Waals surface area contributed by atoms with Crippen LogP contribution in [0.2, 0.25) is 5.02 Å². The first-order valence-corrected chi connectivity index (χ1v) is 7.59. The molecule has 116 valence electrons. The van der Waals surface area contributed by atoms with Gasteiger partial charge in [-0.2, -0.15) is 0 Å². The molecular formula is C18H16ClN3O. The Morgan fingerprint density at radius 2 is 1.74 bits per heavy atom. The normalized spacial score (nSPS) is 10.5. The smallest absolute Gasteiger partial charge is 0.323 e. The van der Waals surface area contributed by atoms with E-state index in [4.69, 9.17) is 17.3 Å². The summed E-state index contributed by atoms with van der Waals surface area (Å²) in [6, 6.07) is 18.7. The van der Waals surface area contributed by atoms with Gasteiger partial charge in [-0.25, -0.2) is 4.79 Å². The third-order valence-electron chi connectivity index (χ3n) is 3.57. The van der Waals surface area contributed by atoms with E-state index in [0.29, 0.717) is 22.9 Å². The van der Waals surface area contributed by atoms with Gasteiger partial charge in [0.05, 0.1) is 10.7 Å². The second-order valence-electron chi connectivity index (χ2n) is 5.12. The maximum Gasteiger partial charge on any atom is 0.323 e. The Morgan fingerprint density at radius 1 is 0.957 bits per heavy atom. The first kappa shape index (κ1) is 15.3. The molecule has 0 saturated carbocycles. The lowest BCUT2D eigenvalue weighted by atomic mass is 10.1. The number of hydrogen-bond acceptors (Lipinski definition) is 2. The van der Waals surface area contributed by atoms with Crippen molar-refractivity contribution in [1.82, 2.24) is 0 Å². The van der Waals surface area contributed by atoms with Gasteiger partial charge in [-0.1, -0.05) is 54.1 Å².